The standard InChI is InChI=1S/C17H18NO4P/c1-12-8-10-13(11-9-12)16-14-6-4-5-7-15(14)17(22-18-16)23(19,20-2)21-3/h4-11,17H,1-3H3. The molecule has 1 aliphatic rings. The number of hydrogen-bond acceptors (Lipinski definition) is 5. The lowest BCUT2D eigenvalue weighted by molar-refractivity contribution is 0.0801. The number of benzene rings is 2. The van der Waals surface area contributed by atoms with E-state index in [1.165, 1.54) is 19.8 Å². The number of nitrogens with zero attached hydrogens (tertiary/aromatic N) is 1. The third-order valence-electron chi connectivity index (χ3n) is 3.85. The zero-order chi connectivity index (χ0) is 16.4. The first-order valence-corrected chi connectivity index (χ1v) is 8.81. The summed E-state index contributed by atoms with van der Waals surface area (Å²) in [6.45, 7) is 2.03. The molecule has 0 radical (unpaired) electrons. The zero-order valence-electron chi connectivity index (χ0n) is 13.2. The monoisotopic (exact) mass is 331 g/mol. The largest absolute Gasteiger partial charge is 0.377 e. The van der Waals surface area contributed by atoms with Gasteiger partial charge in [-0.15, -0.1) is 0 Å². The molecule has 3 rings (SSSR count). The van der Waals surface area contributed by atoms with Crippen LogP contribution in [0.5, 0.6) is 0 Å². The number of rotatable bonds is 4. The quantitative estimate of drug-likeness (QED) is 0.786. The highest BCUT2D eigenvalue weighted by Gasteiger charge is 2.42. The molecule has 0 N–H and O–H groups in total. The van der Waals surface area contributed by atoms with Gasteiger partial charge in [-0.25, -0.2) is 0 Å². The van der Waals surface area contributed by atoms with E-state index in [1.54, 1.807) is 0 Å². The first-order valence-electron chi connectivity index (χ1n) is 7.20. The molecule has 0 aliphatic carbocycles. The molecule has 1 heterocycles. The predicted molar refractivity (Wildman–Crippen MR) is 88.7 cm³/mol. The Balaban J connectivity index is 2.09. The van der Waals surface area contributed by atoms with E-state index in [4.69, 9.17) is 13.9 Å². The summed E-state index contributed by atoms with van der Waals surface area (Å²) < 4.78 is 22.9. The van der Waals surface area contributed by atoms with Crippen LogP contribution in [0.3, 0.4) is 0 Å². The molecule has 2 aromatic rings. The molecule has 1 unspecified atom stereocenters. The van der Waals surface area contributed by atoms with Crippen LogP contribution in [0.25, 0.3) is 0 Å². The Hall–Kier alpha value is -1.94. The van der Waals surface area contributed by atoms with Crippen molar-refractivity contribution < 1.29 is 18.5 Å². The molecule has 0 amide bonds. The molecule has 6 heteroatoms. The van der Waals surface area contributed by atoms with Crippen molar-refractivity contribution in [3.63, 3.8) is 0 Å². The molecule has 0 aromatic heterocycles. The summed E-state index contributed by atoms with van der Waals surface area (Å²) in [5.74, 6) is -0.872. The molecule has 0 saturated carbocycles. The van der Waals surface area contributed by atoms with Crippen molar-refractivity contribution in [3.8, 4) is 0 Å². The van der Waals surface area contributed by atoms with Crippen molar-refractivity contribution in [1.29, 1.82) is 0 Å². The molecular formula is C17H18NO4P. The van der Waals surface area contributed by atoms with Gasteiger partial charge in [0.15, 0.2) is 0 Å². The fourth-order valence-electron chi connectivity index (χ4n) is 2.55. The van der Waals surface area contributed by atoms with Crippen LogP contribution in [0.2, 0.25) is 0 Å². The highest BCUT2D eigenvalue weighted by atomic mass is 31.2. The van der Waals surface area contributed by atoms with Gasteiger partial charge >= 0.3 is 7.60 Å². The van der Waals surface area contributed by atoms with Gasteiger partial charge in [0.05, 0.1) is 0 Å². The van der Waals surface area contributed by atoms with E-state index in [0.29, 0.717) is 5.71 Å². The Kier molecular flexibility index (Phi) is 4.35. The summed E-state index contributed by atoms with van der Waals surface area (Å²) >= 11 is 0. The second-order valence-corrected chi connectivity index (χ2v) is 7.53. The molecule has 0 fully saturated rings. The lowest BCUT2D eigenvalue weighted by Gasteiger charge is -2.28. The average Bonchev–Trinajstić information content (AvgIpc) is 2.61. The molecular weight excluding hydrogens is 313 g/mol. The molecule has 2 aromatic carbocycles. The first kappa shape index (κ1) is 15.9. The summed E-state index contributed by atoms with van der Waals surface area (Å²) in [4.78, 5) is 5.52. The average molecular weight is 331 g/mol. The van der Waals surface area contributed by atoms with Crippen molar-refractivity contribution >= 4 is 13.3 Å². The van der Waals surface area contributed by atoms with Crippen LogP contribution < -0.4 is 0 Å². The van der Waals surface area contributed by atoms with Gasteiger partial charge in [0.25, 0.3) is 5.85 Å². The Labute approximate surface area is 135 Å². The topological polar surface area (TPSA) is 57.1 Å². The maximum absolute atomic E-state index is 12.7. The van der Waals surface area contributed by atoms with Crippen LogP contribution in [0.15, 0.2) is 53.7 Å². The van der Waals surface area contributed by atoms with Gasteiger partial charge in [0.1, 0.15) is 5.71 Å². The van der Waals surface area contributed by atoms with Gasteiger partial charge < -0.3 is 13.9 Å². The first-order chi connectivity index (χ1) is 11.1. The Morgan fingerprint density at radius 3 is 2.35 bits per heavy atom. The van der Waals surface area contributed by atoms with Gasteiger partial charge in [-0.05, 0) is 6.92 Å². The normalized spacial score (nSPS) is 17.2. The van der Waals surface area contributed by atoms with E-state index in [1.807, 2.05) is 55.5 Å². The molecule has 1 atom stereocenters. The molecule has 0 bridgehead atoms. The minimum Gasteiger partial charge on any atom is -0.374 e. The summed E-state index contributed by atoms with van der Waals surface area (Å²) in [6, 6.07) is 15.6. The lowest BCUT2D eigenvalue weighted by atomic mass is 9.96. The van der Waals surface area contributed by atoms with Crippen LogP contribution in [-0.2, 0) is 18.5 Å². The van der Waals surface area contributed by atoms with Gasteiger partial charge in [0, 0.05) is 30.9 Å². The SMILES string of the molecule is COP(=O)(OC)C1ON=C(c2ccc(C)cc2)c2ccccc21. The molecule has 0 saturated heterocycles. The van der Waals surface area contributed by atoms with Crippen molar-refractivity contribution in [3.05, 3.63) is 70.8 Å². The Morgan fingerprint density at radius 2 is 1.70 bits per heavy atom. The summed E-state index contributed by atoms with van der Waals surface area (Å²) in [7, 11) is -0.759. The molecule has 1 aliphatic heterocycles. The maximum atomic E-state index is 12.7. The minimum atomic E-state index is -3.44. The predicted octanol–water partition coefficient (Wildman–Crippen LogP) is 4.26. The van der Waals surface area contributed by atoms with Crippen LogP contribution >= 0.6 is 7.60 Å². The number of aryl methyl sites for hydroxylation is 1. The highest BCUT2D eigenvalue weighted by molar-refractivity contribution is 7.54. The van der Waals surface area contributed by atoms with Gasteiger partial charge in [0.2, 0.25) is 0 Å². The van der Waals surface area contributed by atoms with Crippen molar-refractivity contribution in [1.82, 2.24) is 0 Å². The van der Waals surface area contributed by atoms with Crippen molar-refractivity contribution in [2.75, 3.05) is 14.2 Å². The van der Waals surface area contributed by atoms with Crippen LogP contribution in [0.1, 0.15) is 28.1 Å². The van der Waals surface area contributed by atoms with E-state index < -0.39 is 13.4 Å². The zero-order valence-corrected chi connectivity index (χ0v) is 14.1. The summed E-state index contributed by atoms with van der Waals surface area (Å²) in [5.41, 5.74) is 4.41. The molecule has 5 nitrogen and oxygen atoms in total. The van der Waals surface area contributed by atoms with E-state index in [-0.39, 0.29) is 0 Å². The third kappa shape index (κ3) is 2.83. The Morgan fingerprint density at radius 1 is 1.04 bits per heavy atom. The third-order valence-corrected chi connectivity index (χ3v) is 5.81. The van der Waals surface area contributed by atoms with Crippen molar-refractivity contribution in [2.24, 2.45) is 5.16 Å². The van der Waals surface area contributed by atoms with E-state index in [2.05, 4.69) is 5.16 Å². The van der Waals surface area contributed by atoms with Gasteiger partial charge in [-0.2, -0.15) is 0 Å². The minimum absolute atomic E-state index is 0.704. The molecule has 23 heavy (non-hydrogen) atoms. The maximum Gasteiger partial charge on any atom is 0.377 e. The number of oxime groups is 1. The van der Waals surface area contributed by atoms with E-state index in [9.17, 15) is 4.57 Å². The van der Waals surface area contributed by atoms with Crippen molar-refractivity contribution in [2.45, 2.75) is 12.8 Å². The van der Waals surface area contributed by atoms with E-state index in [0.717, 1.165) is 16.7 Å². The fraction of sp³-hybridized carbons (Fsp3) is 0.235. The van der Waals surface area contributed by atoms with Crippen LogP contribution in [0, 0.1) is 6.92 Å². The van der Waals surface area contributed by atoms with Crippen LogP contribution in [0.4, 0.5) is 0 Å². The fourth-order valence-corrected chi connectivity index (χ4v) is 3.81. The number of fused-ring (bicyclic) bond motifs is 1. The van der Waals surface area contributed by atoms with E-state index >= 15 is 0 Å². The smallest absolute Gasteiger partial charge is 0.374 e. The summed E-state index contributed by atoms with van der Waals surface area (Å²) in [6.07, 6.45) is 0. The van der Waals surface area contributed by atoms with Gasteiger partial charge in [-0.3, -0.25) is 4.57 Å². The number of hydrogen-bond donors (Lipinski definition) is 0. The lowest BCUT2D eigenvalue weighted by Crippen LogP contribution is -2.18. The molecule has 0 spiro atoms. The highest BCUT2D eigenvalue weighted by Crippen LogP contribution is 2.61. The van der Waals surface area contributed by atoms with Gasteiger partial charge in [-0.1, -0.05) is 59.3 Å². The summed E-state index contributed by atoms with van der Waals surface area (Å²) in [5, 5.41) is 4.20. The second-order valence-electron chi connectivity index (χ2n) is 5.26. The second kappa shape index (κ2) is 6.28. The Bertz CT molecular complexity index is 777. The van der Waals surface area contributed by atoms with Crippen LogP contribution in [-0.4, -0.2) is 19.9 Å². The molecule has 120 valence electrons.